The summed E-state index contributed by atoms with van der Waals surface area (Å²) in [5.41, 5.74) is 1.47. The van der Waals surface area contributed by atoms with Gasteiger partial charge >= 0.3 is 0 Å². The molecule has 1 amide bonds. The van der Waals surface area contributed by atoms with Crippen molar-refractivity contribution in [3.05, 3.63) is 50.7 Å². The van der Waals surface area contributed by atoms with Gasteiger partial charge in [-0.3, -0.25) is 4.79 Å². The second kappa shape index (κ2) is 6.37. The zero-order chi connectivity index (χ0) is 17.5. The summed E-state index contributed by atoms with van der Waals surface area (Å²) in [5, 5.41) is 3.07. The van der Waals surface area contributed by atoms with Gasteiger partial charge in [0.15, 0.2) is 0 Å². The number of nitrogens with zero attached hydrogens (tertiary/aromatic N) is 1. The zero-order valence-corrected chi connectivity index (χ0v) is 14.2. The predicted octanol–water partition coefficient (Wildman–Crippen LogP) is 4.72. The van der Waals surface area contributed by atoms with E-state index in [0.29, 0.717) is 18.4 Å². The summed E-state index contributed by atoms with van der Waals surface area (Å²) in [7, 11) is 0. The normalized spacial score (nSPS) is 20.5. The Labute approximate surface area is 145 Å². The molecule has 0 spiro atoms. The highest BCUT2D eigenvalue weighted by molar-refractivity contribution is 7.11. The Balaban J connectivity index is 1.75. The molecular weight excluding hydrogens is 361 g/mol. The Morgan fingerprint density at radius 1 is 1.42 bits per heavy atom. The fourth-order valence-electron chi connectivity index (χ4n) is 2.80. The molecule has 1 fully saturated rings. The van der Waals surface area contributed by atoms with Crippen LogP contribution in [-0.4, -0.2) is 16.9 Å². The van der Waals surface area contributed by atoms with Crippen molar-refractivity contribution in [1.82, 2.24) is 10.3 Å². The van der Waals surface area contributed by atoms with E-state index < -0.39 is 23.3 Å². The summed E-state index contributed by atoms with van der Waals surface area (Å²) in [5.74, 6) is -4.22. The largest absolute Gasteiger partial charge is 0.348 e. The Bertz CT molecular complexity index is 775. The molecule has 2 unspecified atom stereocenters. The fraction of sp³-hybridized carbons (Fsp3) is 0.375. The molecule has 3 nitrogen and oxygen atoms in total. The molecule has 2 atom stereocenters. The zero-order valence-electron chi connectivity index (χ0n) is 12.7. The quantitative estimate of drug-likeness (QED) is 0.841. The van der Waals surface area contributed by atoms with Crippen LogP contribution in [0.1, 0.15) is 46.6 Å². The van der Waals surface area contributed by atoms with Gasteiger partial charge < -0.3 is 5.32 Å². The van der Waals surface area contributed by atoms with Crippen LogP contribution in [0.3, 0.4) is 0 Å². The van der Waals surface area contributed by atoms with E-state index in [1.807, 2.05) is 0 Å². The molecule has 1 aliphatic carbocycles. The minimum Gasteiger partial charge on any atom is -0.348 e. The number of thiazole rings is 1. The summed E-state index contributed by atoms with van der Waals surface area (Å²) < 4.78 is 40.1. The van der Waals surface area contributed by atoms with Gasteiger partial charge in [-0.25, -0.2) is 9.37 Å². The first-order valence-corrected chi connectivity index (χ1v) is 8.60. The van der Waals surface area contributed by atoms with Gasteiger partial charge in [0.25, 0.3) is 11.8 Å². The highest BCUT2D eigenvalue weighted by atomic mass is 35.5. The minimum absolute atomic E-state index is 0.0550. The van der Waals surface area contributed by atoms with Gasteiger partial charge in [-0.05, 0) is 30.5 Å². The third-order valence-corrected chi connectivity index (χ3v) is 5.29. The summed E-state index contributed by atoms with van der Waals surface area (Å²) >= 11 is 6.95. The van der Waals surface area contributed by atoms with Crippen LogP contribution in [0.2, 0.25) is 5.02 Å². The van der Waals surface area contributed by atoms with E-state index in [4.69, 9.17) is 11.6 Å². The molecule has 0 saturated heterocycles. The minimum atomic E-state index is -3.17. The van der Waals surface area contributed by atoms with Crippen LogP contribution >= 0.6 is 22.9 Å². The first-order chi connectivity index (χ1) is 11.3. The number of benzene rings is 1. The van der Waals surface area contributed by atoms with Crippen molar-refractivity contribution in [3.8, 4) is 0 Å². The summed E-state index contributed by atoms with van der Waals surface area (Å²) in [6, 6.07) is 3.92. The Morgan fingerprint density at radius 2 is 2.17 bits per heavy atom. The van der Waals surface area contributed by atoms with E-state index >= 15 is 0 Å². The summed E-state index contributed by atoms with van der Waals surface area (Å²) in [6.45, 7) is 0.712. The number of carbonyl (C=O) groups excluding carboxylic acids is 1. The lowest BCUT2D eigenvalue weighted by molar-refractivity contribution is 0.0123. The maximum atomic E-state index is 13.5. The van der Waals surface area contributed by atoms with Crippen molar-refractivity contribution in [1.29, 1.82) is 0 Å². The van der Waals surface area contributed by atoms with Gasteiger partial charge in [0.05, 0.1) is 5.51 Å². The van der Waals surface area contributed by atoms with Crippen LogP contribution in [0.15, 0.2) is 23.7 Å². The molecule has 0 radical (unpaired) electrons. The molecule has 1 N–H and O–H groups in total. The van der Waals surface area contributed by atoms with Crippen LogP contribution in [0.25, 0.3) is 0 Å². The number of carbonyl (C=O) groups is 1. The molecule has 1 heterocycles. The SMILES string of the molecule is CC(F)(F)c1ncsc1C(=O)NC1CCC1c1ccc(F)cc1Cl. The van der Waals surface area contributed by atoms with E-state index in [-0.39, 0.29) is 16.8 Å². The number of alkyl halides is 2. The second-order valence-corrected chi connectivity index (χ2v) is 7.11. The number of halogens is 4. The predicted molar refractivity (Wildman–Crippen MR) is 86.3 cm³/mol. The standard InChI is InChI=1S/C16H14ClF3N2OS/c1-16(19,20)14-13(24-7-21-14)15(23)22-12-5-4-10(12)9-3-2-8(18)6-11(9)17/h2-3,6-7,10,12H,4-5H2,1H3,(H,22,23). The van der Waals surface area contributed by atoms with Crippen molar-refractivity contribution < 1.29 is 18.0 Å². The van der Waals surface area contributed by atoms with Gasteiger partial charge in [-0.2, -0.15) is 8.78 Å². The molecule has 3 rings (SSSR count). The number of amides is 1. The molecule has 8 heteroatoms. The van der Waals surface area contributed by atoms with E-state index in [0.717, 1.165) is 23.3 Å². The molecule has 0 bridgehead atoms. The van der Waals surface area contributed by atoms with Gasteiger partial charge in [0.2, 0.25) is 0 Å². The van der Waals surface area contributed by atoms with Crippen LogP contribution in [0, 0.1) is 5.82 Å². The Hall–Kier alpha value is -1.60. The molecular formula is C16H14ClF3N2OS. The molecule has 1 aromatic heterocycles. The van der Waals surface area contributed by atoms with Gasteiger partial charge in [-0.15, -0.1) is 11.3 Å². The smallest absolute Gasteiger partial charge is 0.288 e. The highest BCUT2D eigenvalue weighted by Gasteiger charge is 2.37. The number of hydrogen-bond donors (Lipinski definition) is 1. The number of nitrogens with one attached hydrogen (secondary N) is 1. The molecule has 2 aromatic rings. The summed E-state index contributed by atoms with van der Waals surface area (Å²) in [4.78, 5) is 15.8. The van der Waals surface area contributed by atoms with Crippen LogP contribution in [0.4, 0.5) is 13.2 Å². The van der Waals surface area contributed by atoms with Crippen molar-refractivity contribution in [2.45, 2.75) is 37.6 Å². The van der Waals surface area contributed by atoms with E-state index in [9.17, 15) is 18.0 Å². The first-order valence-electron chi connectivity index (χ1n) is 7.35. The summed E-state index contributed by atoms with van der Waals surface area (Å²) in [6.07, 6.45) is 1.50. The van der Waals surface area contributed by atoms with E-state index in [1.54, 1.807) is 6.07 Å². The van der Waals surface area contributed by atoms with Gasteiger partial charge in [0.1, 0.15) is 16.4 Å². The molecule has 1 saturated carbocycles. The Morgan fingerprint density at radius 3 is 2.75 bits per heavy atom. The molecule has 1 aromatic carbocycles. The van der Waals surface area contributed by atoms with Gasteiger partial charge in [-0.1, -0.05) is 17.7 Å². The van der Waals surface area contributed by atoms with Crippen molar-refractivity contribution >= 4 is 28.8 Å². The third-order valence-electron chi connectivity index (χ3n) is 4.14. The molecule has 128 valence electrons. The van der Waals surface area contributed by atoms with Crippen molar-refractivity contribution in [2.75, 3.05) is 0 Å². The third kappa shape index (κ3) is 3.28. The average molecular weight is 375 g/mol. The molecule has 24 heavy (non-hydrogen) atoms. The van der Waals surface area contributed by atoms with Crippen LogP contribution in [-0.2, 0) is 5.92 Å². The van der Waals surface area contributed by atoms with E-state index in [2.05, 4.69) is 10.3 Å². The molecule has 1 aliphatic rings. The van der Waals surface area contributed by atoms with Crippen molar-refractivity contribution in [3.63, 3.8) is 0 Å². The lowest BCUT2D eigenvalue weighted by Crippen LogP contribution is -2.45. The highest BCUT2D eigenvalue weighted by Crippen LogP contribution is 2.40. The monoisotopic (exact) mass is 374 g/mol. The topological polar surface area (TPSA) is 42.0 Å². The fourth-order valence-corrected chi connectivity index (χ4v) is 3.88. The van der Waals surface area contributed by atoms with Gasteiger partial charge in [0, 0.05) is 23.9 Å². The maximum absolute atomic E-state index is 13.5. The van der Waals surface area contributed by atoms with Crippen LogP contribution in [0.5, 0.6) is 0 Å². The lowest BCUT2D eigenvalue weighted by atomic mass is 9.75. The average Bonchev–Trinajstić information content (AvgIpc) is 2.96. The second-order valence-electron chi connectivity index (χ2n) is 5.85. The van der Waals surface area contributed by atoms with Crippen LogP contribution < -0.4 is 5.32 Å². The van der Waals surface area contributed by atoms with Crippen molar-refractivity contribution in [2.24, 2.45) is 0 Å². The number of rotatable bonds is 4. The first kappa shape index (κ1) is 17.2. The Kier molecular flexibility index (Phi) is 4.57. The molecule has 0 aliphatic heterocycles. The maximum Gasteiger partial charge on any atom is 0.288 e. The van der Waals surface area contributed by atoms with E-state index in [1.165, 1.54) is 17.6 Å². The number of aromatic nitrogens is 1. The lowest BCUT2D eigenvalue weighted by Gasteiger charge is -2.38. The number of hydrogen-bond acceptors (Lipinski definition) is 3.